The van der Waals surface area contributed by atoms with E-state index in [1.807, 2.05) is 49.4 Å². The van der Waals surface area contributed by atoms with Crippen molar-refractivity contribution in [2.75, 3.05) is 18.5 Å². The number of aromatic amines is 1. The molecule has 140 valence electrons. The van der Waals surface area contributed by atoms with Crippen molar-refractivity contribution in [3.63, 3.8) is 0 Å². The Hall–Kier alpha value is -2.99. The zero-order chi connectivity index (χ0) is 18.8. The van der Waals surface area contributed by atoms with Crippen LogP contribution < -0.4 is 10.1 Å². The first-order valence-electron chi connectivity index (χ1n) is 9.20. The standard InChI is InChI=1S/C21H23N3O3/c1-2-27-20-10-6-5-9-18(20)23-21(26)24-12-19-16(11-14(24)13-25)15-7-3-4-8-17(15)22-19/h3-10,14,22,25H,2,11-13H2,1H3,(H,23,26). The van der Waals surface area contributed by atoms with Crippen molar-refractivity contribution in [1.29, 1.82) is 0 Å². The molecule has 27 heavy (non-hydrogen) atoms. The van der Waals surface area contributed by atoms with Crippen LogP contribution in [0.5, 0.6) is 5.75 Å². The summed E-state index contributed by atoms with van der Waals surface area (Å²) in [6, 6.07) is 15.0. The van der Waals surface area contributed by atoms with Crippen LogP contribution in [0.3, 0.4) is 0 Å². The summed E-state index contributed by atoms with van der Waals surface area (Å²) in [7, 11) is 0. The van der Waals surface area contributed by atoms with Gasteiger partial charge >= 0.3 is 6.03 Å². The third kappa shape index (κ3) is 3.24. The molecule has 6 heteroatoms. The number of fused-ring (bicyclic) bond motifs is 3. The third-order valence-electron chi connectivity index (χ3n) is 5.01. The summed E-state index contributed by atoms with van der Waals surface area (Å²) in [5.41, 5.74) is 3.89. The van der Waals surface area contributed by atoms with Crippen LogP contribution in [0.25, 0.3) is 10.9 Å². The first kappa shape index (κ1) is 17.4. The van der Waals surface area contributed by atoms with E-state index < -0.39 is 0 Å². The average molecular weight is 365 g/mol. The van der Waals surface area contributed by atoms with Crippen LogP contribution in [-0.4, -0.2) is 40.3 Å². The second-order valence-corrected chi connectivity index (χ2v) is 6.66. The van der Waals surface area contributed by atoms with Gasteiger partial charge < -0.3 is 25.0 Å². The molecule has 0 aliphatic carbocycles. The molecule has 0 radical (unpaired) electrons. The Morgan fingerprint density at radius 2 is 2.04 bits per heavy atom. The van der Waals surface area contributed by atoms with Gasteiger partial charge in [0.05, 0.1) is 31.5 Å². The minimum atomic E-state index is -0.268. The SMILES string of the molecule is CCOc1ccccc1NC(=O)N1Cc2[nH]c3ccccc3c2CC1CO. The van der Waals surface area contributed by atoms with Gasteiger partial charge in [0.2, 0.25) is 0 Å². The van der Waals surface area contributed by atoms with Crippen molar-refractivity contribution in [3.8, 4) is 5.75 Å². The van der Waals surface area contributed by atoms with Crippen molar-refractivity contribution in [2.45, 2.75) is 25.9 Å². The minimum absolute atomic E-state index is 0.0839. The molecule has 2 aromatic carbocycles. The van der Waals surface area contributed by atoms with Crippen LogP contribution in [0.4, 0.5) is 10.5 Å². The van der Waals surface area contributed by atoms with E-state index in [9.17, 15) is 9.90 Å². The number of anilines is 1. The molecule has 0 saturated heterocycles. The largest absolute Gasteiger partial charge is 0.492 e. The number of benzene rings is 2. The molecule has 2 heterocycles. The first-order valence-corrected chi connectivity index (χ1v) is 9.20. The number of amides is 2. The van der Waals surface area contributed by atoms with Crippen LogP contribution in [-0.2, 0) is 13.0 Å². The Kier molecular flexibility index (Phi) is 4.73. The predicted octanol–water partition coefficient (Wildman–Crippen LogP) is 3.52. The van der Waals surface area contributed by atoms with Crippen molar-refractivity contribution >= 4 is 22.6 Å². The summed E-state index contributed by atoms with van der Waals surface area (Å²) >= 11 is 0. The lowest BCUT2D eigenvalue weighted by atomic mass is 9.97. The normalized spacial score (nSPS) is 16.2. The predicted molar refractivity (Wildman–Crippen MR) is 105 cm³/mol. The summed E-state index contributed by atoms with van der Waals surface area (Å²) in [4.78, 5) is 18.0. The third-order valence-corrected chi connectivity index (χ3v) is 5.01. The van der Waals surface area contributed by atoms with E-state index in [-0.39, 0.29) is 18.7 Å². The van der Waals surface area contributed by atoms with Crippen LogP contribution in [0.1, 0.15) is 18.2 Å². The lowest BCUT2D eigenvalue weighted by Crippen LogP contribution is -2.48. The van der Waals surface area contributed by atoms with Crippen LogP contribution in [0.2, 0.25) is 0 Å². The summed E-state index contributed by atoms with van der Waals surface area (Å²) in [5, 5.41) is 14.0. The molecule has 3 aromatic rings. The number of ether oxygens (including phenoxy) is 1. The van der Waals surface area contributed by atoms with Gasteiger partial charge in [-0.3, -0.25) is 0 Å². The highest BCUT2D eigenvalue weighted by Gasteiger charge is 2.31. The van der Waals surface area contributed by atoms with Crippen molar-refractivity contribution in [2.24, 2.45) is 0 Å². The summed E-state index contributed by atoms with van der Waals surface area (Å²) < 4.78 is 5.59. The molecule has 2 amide bonds. The minimum Gasteiger partial charge on any atom is -0.492 e. The van der Waals surface area contributed by atoms with Gasteiger partial charge in [-0.15, -0.1) is 0 Å². The number of para-hydroxylation sites is 3. The highest BCUT2D eigenvalue weighted by molar-refractivity contribution is 5.92. The fourth-order valence-corrected chi connectivity index (χ4v) is 3.71. The lowest BCUT2D eigenvalue weighted by molar-refractivity contribution is 0.129. The van der Waals surface area contributed by atoms with Crippen LogP contribution >= 0.6 is 0 Å². The fourth-order valence-electron chi connectivity index (χ4n) is 3.71. The Morgan fingerprint density at radius 1 is 1.26 bits per heavy atom. The van der Waals surface area contributed by atoms with E-state index in [0.29, 0.717) is 31.0 Å². The van der Waals surface area contributed by atoms with Gasteiger partial charge in [0.15, 0.2) is 0 Å². The van der Waals surface area contributed by atoms with Crippen molar-refractivity contribution in [1.82, 2.24) is 9.88 Å². The zero-order valence-corrected chi connectivity index (χ0v) is 15.2. The number of carbonyl (C=O) groups is 1. The topological polar surface area (TPSA) is 77.6 Å². The highest BCUT2D eigenvalue weighted by Crippen LogP contribution is 2.31. The Labute approximate surface area is 157 Å². The number of rotatable bonds is 4. The smallest absolute Gasteiger partial charge is 0.322 e. The number of carbonyl (C=O) groups excluding carboxylic acids is 1. The maximum atomic E-state index is 13.0. The summed E-state index contributed by atoms with van der Waals surface area (Å²) in [5.74, 6) is 0.636. The second kappa shape index (κ2) is 7.32. The molecule has 1 aliphatic rings. The number of hydrogen-bond acceptors (Lipinski definition) is 3. The monoisotopic (exact) mass is 365 g/mol. The molecule has 1 aromatic heterocycles. The number of aromatic nitrogens is 1. The Balaban J connectivity index is 1.60. The number of aliphatic hydroxyl groups is 1. The molecular weight excluding hydrogens is 342 g/mol. The fraction of sp³-hybridized carbons (Fsp3) is 0.286. The number of nitrogens with one attached hydrogen (secondary N) is 2. The molecule has 1 aliphatic heterocycles. The van der Waals surface area contributed by atoms with E-state index in [1.165, 1.54) is 5.56 Å². The van der Waals surface area contributed by atoms with Gasteiger partial charge in [0, 0.05) is 16.6 Å². The molecule has 1 atom stereocenters. The number of urea groups is 1. The highest BCUT2D eigenvalue weighted by atomic mass is 16.5. The van der Waals surface area contributed by atoms with Gasteiger partial charge in [-0.05, 0) is 37.1 Å². The van der Waals surface area contributed by atoms with Gasteiger partial charge in [-0.1, -0.05) is 30.3 Å². The molecule has 0 saturated carbocycles. The van der Waals surface area contributed by atoms with E-state index >= 15 is 0 Å². The van der Waals surface area contributed by atoms with E-state index in [1.54, 1.807) is 4.90 Å². The molecule has 0 fully saturated rings. The summed E-state index contributed by atoms with van der Waals surface area (Å²) in [6.45, 7) is 2.77. The molecule has 6 nitrogen and oxygen atoms in total. The Morgan fingerprint density at radius 3 is 2.85 bits per heavy atom. The van der Waals surface area contributed by atoms with E-state index in [0.717, 1.165) is 16.6 Å². The van der Waals surface area contributed by atoms with Gasteiger partial charge in [0.1, 0.15) is 5.75 Å². The van der Waals surface area contributed by atoms with E-state index in [2.05, 4.69) is 16.4 Å². The van der Waals surface area contributed by atoms with Crippen molar-refractivity contribution < 1.29 is 14.6 Å². The van der Waals surface area contributed by atoms with Crippen LogP contribution in [0, 0.1) is 0 Å². The number of hydrogen-bond donors (Lipinski definition) is 3. The lowest BCUT2D eigenvalue weighted by Gasteiger charge is -2.34. The second-order valence-electron chi connectivity index (χ2n) is 6.66. The maximum Gasteiger partial charge on any atom is 0.322 e. The molecule has 0 bridgehead atoms. The number of aliphatic hydroxyl groups excluding tert-OH is 1. The molecule has 0 spiro atoms. The van der Waals surface area contributed by atoms with Crippen LogP contribution in [0.15, 0.2) is 48.5 Å². The molecule has 3 N–H and O–H groups in total. The molecular formula is C21H23N3O3. The molecule has 1 unspecified atom stereocenters. The van der Waals surface area contributed by atoms with Gasteiger partial charge in [-0.25, -0.2) is 4.79 Å². The number of H-pyrrole nitrogens is 1. The zero-order valence-electron chi connectivity index (χ0n) is 15.2. The van der Waals surface area contributed by atoms with Crippen molar-refractivity contribution in [3.05, 3.63) is 59.8 Å². The summed E-state index contributed by atoms with van der Waals surface area (Å²) in [6.07, 6.45) is 0.621. The van der Waals surface area contributed by atoms with Gasteiger partial charge in [-0.2, -0.15) is 0 Å². The first-order chi connectivity index (χ1) is 13.2. The Bertz CT molecular complexity index is 966. The number of nitrogens with zero attached hydrogens (tertiary/aromatic N) is 1. The van der Waals surface area contributed by atoms with E-state index in [4.69, 9.17) is 4.74 Å². The molecule has 4 rings (SSSR count). The van der Waals surface area contributed by atoms with Gasteiger partial charge in [0.25, 0.3) is 0 Å². The maximum absolute atomic E-state index is 13.0. The quantitative estimate of drug-likeness (QED) is 0.662. The average Bonchev–Trinajstić information content (AvgIpc) is 3.06.